The summed E-state index contributed by atoms with van der Waals surface area (Å²) in [5.41, 5.74) is 0. The van der Waals surface area contributed by atoms with Crippen molar-refractivity contribution < 1.29 is 28.6 Å². The van der Waals surface area contributed by atoms with E-state index < -0.39 is 6.10 Å². The molecule has 476 valence electrons. The predicted molar refractivity (Wildman–Crippen MR) is 358 cm³/mol. The molecule has 6 heteroatoms. The highest BCUT2D eigenvalue weighted by Crippen LogP contribution is 2.18. The molecular weight excluding hydrogens is 1010 g/mol. The molecule has 6 nitrogen and oxygen atoms in total. The summed E-state index contributed by atoms with van der Waals surface area (Å²) < 4.78 is 17.0. The minimum Gasteiger partial charge on any atom is -0.462 e. The van der Waals surface area contributed by atoms with E-state index in [1.54, 1.807) is 0 Å². The minimum absolute atomic E-state index is 0.0797. The smallest absolute Gasteiger partial charge is 0.306 e. The van der Waals surface area contributed by atoms with Crippen molar-refractivity contribution in [3.8, 4) is 0 Å². The molecule has 0 N–H and O–H groups in total. The summed E-state index contributed by atoms with van der Waals surface area (Å²) in [7, 11) is 0. The van der Waals surface area contributed by atoms with Crippen LogP contribution >= 0.6 is 0 Å². The Morgan fingerprint density at radius 1 is 0.256 bits per heavy atom. The Bertz CT molecular complexity index is 1500. The number of carbonyl (C=O) groups is 3. The van der Waals surface area contributed by atoms with Gasteiger partial charge in [-0.2, -0.15) is 0 Å². The molecule has 0 aromatic heterocycles. The average Bonchev–Trinajstić information content (AvgIpc) is 3.47. The third-order valence-corrected chi connectivity index (χ3v) is 15.9. The predicted octanol–water partition coefficient (Wildman–Crippen LogP) is 24.8. The standard InChI is InChI=1S/C76H136O6/c1-4-7-10-13-16-19-22-25-28-31-34-37-38-40-42-45-48-51-54-57-60-63-66-69-75(78)81-72-73(71-80-74(77)68-65-62-59-56-53-50-47-44-41-36-33-30-27-24-21-18-15-12-9-6-3)82-76(79)70-67-64-61-58-55-52-49-46-43-39-35-32-29-26-23-20-17-14-11-8-5-2/h8,11,17,20,26,29,31,34-35,39,46,49,73H,4-7,9-10,12-16,18-19,21-25,27-28,30,32-33,36-38,40-45,47-48,50-72H2,1-3H3/b11-8-,20-17-,29-26-,34-31-,39-35-,49-46-. The molecule has 0 aliphatic rings. The van der Waals surface area contributed by atoms with Crippen molar-refractivity contribution >= 4 is 17.9 Å². The van der Waals surface area contributed by atoms with Gasteiger partial charge in [0.1, 0.15) is 13.2 Å². The first kappa shape index (κ1) is 78.8. The molecule has 0 fully saturated rings. The average molecular weight is 1150 g/mol. The highest BCUT2D eigenvalue weighted by Gasteiger charge is 2.19. The first-order chi connectivity index (χ1) is 40.5. The molecule has 1 atom stereocenters. The van der Waals surface area contributed by atoms with E-state index in [1.807, 2.05) is 0 Å². The maximum Gasteiger partial charge on any atom is 0.306 e. The van der Waals surface area contributed by atoms with Crippen LogP contribution in [0.3, 0.4) is 0 Å². The molecule has 0 saturated carbocycles. The van der Waals surface area contributed by atoms with Gasteiger partial charge in [0.05, 0.1) is 0 Å². The summed E-state index contributed by atoms with van der Waals surface area (Å²) in [4.78, 5) is 38.5. The molecule has 82 heavy (non-hydrogen) atoms. The van der Waals surface area contributed by atoms with Gasteiger partial charge in [0.15, 0.2) is 6.10 Å². The highest BCUT2D eigenvalue weighted by molar-refractivity contribution is 5.71. The zero-order valence-electron chi connectivity index (χ0n) is 54.8. The van der Waals surface area contributed by atoms with E-state index in [0.29, 0.717) is 19.3 Å². The van der Waals surface area contributed by atoms with Gasteiger partial charge in [-0.15, -0.1) is 0 Å². The zero-order valence-corrected chi connectivity index (χ0v) is 54.8. The molecule has 0 amide bonds. The lowest BCUT2D eigenvalue weighted by Gasteiger charge is -2.18. The second-order valence-electron chi connectivity index (χ2n) is 24.1. The first-order valence-corrected chi connectivity index (χ1v) is 35.9. The largest absolute Gasteiger partial charge is 0.462 e. The van der Waals surface area contributed by atoms with E-state index in [1.165, 1.54) is 225 Å². The zero-order chi connectivity index (χ0) is 59.2. The van der Waals surface area contributed by atoms with Crippen molar-refractivity contribution in [2.45, 2.75) is 380 Å². The van der Waals surface area contributed by atoms with Crippen LogP contribution in [0.25, 0.3) is 0 Å². The number of ether oxygens (including phenoxy) is 3. The van der Waals surface area contributed by atoms with E-state index in [2.05, 4.69) is 93.7 Å². The summed E-state index contributed by atoms with van der Waals surface area (Å²) in [6, 6.07) is 0. The summed E-state index contributed by atoms with van der Waals surface area (Å²) in [6.45, 7) is 6.58. The van der Waals surface area contributed by atoms with Crippen LogP contribution in [0, 0.1) is 0 Å². The number of hydrogen-bond acceptors (Lipinski definition) is 6. The summed E-state index contributed by atoms with van der Waals surface area (Å²) in [5, 5.41) is 0. The van der Waals surface area contributed by atoms with Crippen LogP contribution in [0.15, 0.2) is 72.9 Å². The maximum absolute atomic E-state index is 13.0. The number of allylic oxidation sites excluding steroid dienone is 12. The van der Waals surface area contributed by atoms with Gasteiger partial charge in [0.2, 0.25) is 0 Å². The normalized spacial score (nSPS) is 12.5. The number of rotatable bonds is 66. The van der Waals surface area contributed by atoms with Crippen molar-refractivity contribution in [1.29, 1.82) is 0 Å². The number of esters is 3. The van der Waals surface area contributed by atoms with Crippen molar-refractivity contribution in [3.63, 3.8) is 0 Å². The lowest BCUT2D eigenvalue weighted by Crippen LogP contribution is -2.30. The molecule has 0 heterocycles. The number of hydrogen-bond donors (Lipinski definition) is 0. The van der Waals surface area contributed by atoms with Crippen LogP contribution in [0.5, 0.6) is 0 Å². The van der Waals surface area contributed by atoms with Crippen LogP contribution in [-0.4, -0.2) is 37.2 Å². The van der Waals surface area contributed by atoms with E-state index >= 15 is 0 Å². The van der Waals surface area contributed by atoms with Gasteiger partial charge in [0, 0.05) is 19.3 Å². The highest BCUT2D eigenvalue weighted by atomic mass is 16.6. The Labute approximate surface area is 510 Å². The second-order valence-corrected chi connectivity index (χ2v) is 24.1. The third-order valence-electron chi connectivity index (χ3n) is 15.9. The Morgan fingerprint density at radius 2 is 0.476 bits per heavy atom. The van der Waals surface area contributed by atoms with Crippen LogP contribution in [0.2, 0.25) is 0 Å². The maximum atomic E-state index is 13.0. The van der Waals surface area contributed by atoms with Crippen LogP contribution < -0.4 is 0 Å². The minimum atomic E-state index is -0.787. The van der Waals surface area contributed by atoms with E-state index in [4.69, 9.17) is 14.2 Å². The fourth-order valence-electron chi connectivity index (χ4n) is 10.6. The molecule has 0 aromatic rings. The Balaban J connectivity index is 4.37. The lowest BCUT2D eigenvalue weighted by molar-refractivity contribution is -0.167. The van der Waals surface area contributed by atoms with Crippen molar-refractivity contribution in [2.75, 3.05) is 13.2 Å². The molecule has 0 radical (unpaired) electrons. The molecule has 0 spiro atoms. The van der Waals surface area contributed by atoms with E-state index in [0.717, 1.165) is 109 Å². The van der Waals surface area contributed by atoms with Gasteiger partial charge < -0.3 is 14.2 Å². The second kappa shape index (κ2) is 70.3. The fourth-order valence-corrected chi connectivity index (χ4v) is 10.6. The first-order valence-electron chi connectivity index (χ1n) is 35.9. The molecule has 0 aromatic carbocycles. The van der Waals surface area contributed by atoms with Gasteiger partial charge in [-0.25, -0.2) is 0 Å². The molecule has 0 aliphatic heterocycles. The topological polar surface area (TPSA) is 78.9 Å². The van der Waals surface area contributed by atoms with Gasteiger partial charge in [-0.1, -0.05) is 338 Å². The molecule has 0 aliphatic carbocycles. The molecular formula is C76H136O6. The van der Waals surface area contributed by atoms with Gasteiger partial charge in [-0.3, -0.25) is 14.4 Å². The van der Waals surface area contributed by atoms with Crippen molar-refractivity contribution in [3.05, 3.63) is 72.9 Å². The molecule has 0 rings (SSSR count). The van der Waals surface area contributed by atoms with Gasteiger partial charge in [0.25, 0.3) is 0 Å². The summed E-state index contributed by atoms with van der Waals surface area (Å²) in [5.74, 6) is -0.875. The summed E-state index contributed by atoms with van der Waals surface area (Å²) in [6.07, 6.45) is 92.1. The van der Waals surface area contributed by atoms with Crippen LogP contribution in [0.4, 0.5) is 0 Å². The summed E-state index contributed by atoms with van der Waals surface area (Å²) >= 11 is 0. The van der Waals surface area contributed by atoms with Gasteiger partial charge >= 0.3 is 17.9 Å². The van der Waals surface area contributed by atoms with Crippen LogP contribution in [-0.2, 0) is 28.6 Å². The lowest BCUT2D eigenvalue weighted by atomic mass is 10.0. The van der Waals surface area contributed by atoms with E-state index in [-0.39, 0.29) is 31.1 Å². The Kier molecular flexibility index (Phi) is 67.6. The number of carbonyl (C=O) groups excluding carboxylic acids is 3. The monoisotopic (exact) mass is 1150 g/mol. The Morgan fingerprint density at radius 3 is 0.756 bits per heavy atom. The molecule has 0 saturated heterocycles. The Hall–Kier alpha value is -3.15. The molecule has 1 unspecified atom stereocenters. The fraction of sp³-hybridized carbons (Fsp3) is 0.803. The van der Waals surface area contributed by atoms with Crippen molar-refractivity contribution in [1.82, 2.24) is 0 Å². The van der Waals surface area contributed by atoms with Gasteiger partial charge in [-0.05, 0) is 89.9 Å². The van der Waals surface area contributed by atoms with Crippen molar-refractivity contribution in [2.24, 2.45) is 0 Å². The molecule has 0 bridgehead atoms. The van der Waals surface area contributed by atoms with Crippen LogP contribution in [0.1, 0.15) is 374 Å². The van der Waals surface area contributed by atoms with E-state index in [9.17, 15) is 14.4 Å². The quantitative estimate of drug-likeness (QED) is 0.0261. The number of unbranched alkanes of at least 4 members (excludes halogenated alkanes) is 43. The third kappa shape index (κ3) is 67.6. The SMILES string of the molecule is CC/C=C\C/C=C\C/C=C\C/C=C\C/C=C\CCCCCCCC(=O)OC(COC(=O)CCCCCCCCCCCCC/C=C\CCCCCCCCCC)COC(=O)CCCCCCCCCCCCCCCCCCCCCC.